The topological polar surface area (TPSA) is 56.7 Å². The van der Waals surface area contributed by atoms with E-state index in [4.69, 9.17) is 9.40 Å². The van der Waals surface area contributed by atoms with Crippen molar-refractivity contribution in [1.29, 1.82) is 0 Å². The number of furan rings is 1. The molecule has 0 saturated heterocycles. The molecule has 7 heteroatoms. The summed E-state index contributed by atoms with van der Waals surface area (Å²) in [5, 5.41) is 2.22. The van der Waals surface area contributed by atoms with Crippen LogP contribution in [0.3, 0.4) is 0 Å². The Bertz CT molecular complexity index is 2220. The summed E-state index contributed by atoms with van der Waals surface area (Å²) in [6.07, 6.45) is 3.63. The number of para-hydroxylation sites is 1. The van der Waals surface area contributed by atoms with Crippen molar-refractivity contribution in [2.24, 2.45) is 0 Å². The molecular weight excluding hydrogens is 805 g/mol. The summed E-state index contributed by atoms with van der Waals surface area (Å²) in [5.41, 5.74) is 8.44. The van der Waals surface area contributed by atoms with Crippen LogP contribution in [0.25, 0.3) is 61.4 Å². The number of benzene rings is 4. The Morgan fingerprint density at radius 2 is 1.54 bits per heavy atom. The molecule has 4 heterocycles. The van der Waals surface area contributed by atoms with E-state index in [1.165, 1.54) is 4.40 Å². The summed E-state index contributed by atoms with van der Waals surface area (Å²) >= 11 is -1.98. The molecule has 8 rings (SSSR count). The molecule has 0 fully saturated rings. The average Bonchev–Trinajstić information content (AvgIpc) is 3.65. The second-order valence-electron chi connectivity index (χ2n) is 12.1. The molecule has 0 aliphatic carbocycles. The zero-order valence-corrected chi connectivity index (χ0v) is 30.6. The van der Waals surface area contributed by atoms with E-state index in [-0.39, 0.29) is 20.1 Å². The Kier molecular flexibility index (Phi) is 9.05. The van der Waals surface area contributed by atoms with E-state index in [1.807, 2.05) is 79.0 Å². The van der Waals surface area contributed by atoms with Crippen LogP contribution in [0.2, 0.25) is 17.3 Å². The molecule has 0 atom stereocenters. The van der Waals surface area contributed by atoms with Gasteiger partial charge in [-0.05, 0) is 11.8 Å². The van der Waals surface area contributed by atoms with Crippen molar-refractivity contribution in [2.75, 3.05) is 0 Å². The van der Waals surface area contributed by atoms with Crippen LogP contribution in [0.4, 0.5) is 0 Å². The van der Waals surface area contributed by atoms with Crippen LogP contribution in [0.15, 0.2) is 126 Å². The fourth-order valence-corrected chi connectivity index (χ4v) is 7.94. The monoisotopic (exact) mass is 839 g/mol. The molecule has 229 valence electrons. The van der Waals surface area contributed by atoms with Gasteiger partial charge in [0.05, 0.1) is 0 Å². The molecule has 0 N–H and O–H groups in total. The minimum absolute atomic E-state index is 0. The van der Waals surface area contributed by atoms with Crippen LogP contribution >= 0.6 is 0 Å². The molecule has 4 aromatic carbocycles. The van der Waals surface area contributed by atoms with Crippen molar-refractivity contribution in [2.45, 2.75) is 24.2 Å². The maximum atomic E-state index is 6.52. The standard InChI is InChI=1S/C28H24GeN3O.C11H8N.Ir/c1-18-15-16-30-28-25(18)31-27(32(28)20-9-6-5-7-10-20)23-12-8-11-22-21-14-13-19(29(2,3)4)17-24(21)33-26(22)23;1-2-6-10(7-3-1)11-8-4-5-9-12-11;/h5-11,13-17H,1-4H3;1-6,8-9H;/q2*-1;. The zero-order chi connectivity index (χ0) is 31.0. The van der Waals surface area contributed by atoms with Gasteiger partial charge in [-0.2, -0.15) is 0 Å². The van der Waals surface area contributed by atoms with E-state index in [0.29, 0.717) is 0 Å². The van der Waals surface area contributed by atoms with E-state index in [0.717, 1.165) is 67.0 Å². The Morgan fingerprint density at radius 1 is 0.739 bits per heavy atom. The molecule has 0 saturated carbocycles. The van der Waals surface area contributed by atoms with Crippen molar-refractivity contribution in [1.82, 2.24) is 19.5 Å². The molecule has 0 bridgehead atoms. The molecule has 0 spiro atoms. The van der Waals surface area contributed by atoms with Crippen molar-refractivity contribution in [3.8, 4) is 28.3 Å². The van der Waals surface area contributed by atoms with Gasteiger partial charge in [0.25, 0.3) is 0 Å². The Balaban J connectivity index is 0.000000241. The van der Waals surface area contributed by atoms with Gasteiger partial charge in [-0.3, -0.25) is 0 Å². The van der Waals surface area contributed by atoms with Crippen molar-refractivity contribution in [3.63, 3.8) is 0 Å². The van der Waals surface area contributed by atoms with Gasteiger partial charge in [0, 0.05) is 26.3 Å². The summed E-state index contributed by atoms with van der Waals surface area (Å²) < 4.78 is 10.1. The van der Waals surface area contributed by atoms with Crippen LogP contribution in [-0.2, 0) is 20.1 Å². The Hall–Kier alpha value is -4.36. The third kappa shape index (κ3) is 6.08. The predicted molar refractivity (Wildman–Crippen MR) is 187 cm³/mol. The van der Waals surface area contributed by atoms with Gasteiger partial charge in [0.2, 0.25) is 0 Å². The van der Waals surface area contributed by atoms with Crippen molar-refractivity contribution < 1.29 is 24.5 Å². The van der Waals surface area contributed by atoms with Gasteiger partial charge in [0.1, 0.15) is 0 Å². The minimum Gasteiger partial charge on any atom is -0.305 e. The van der Waals surface area contributed by atoms with Crippen molar-refractivity contribution in [3.05, 3.63) is 139 Å². The number of aryl methyl sites for hydroxylation is 1. The van der Waals surface area contributed by atoms with Gasteiger partial charge in [-0.15, -0.1) is 35.9 Å². The number of imidazole rings is 1. The van der Waals surface area contributed by atoms with Crippen LogP contribution in [0.5, 0.6) is 0 Å². The number of fused-ring (bicyclic) bond motifs is 4. The normalized spacial score (nSPS) is 11.3. The largest absolute Gasteiger partial charge is 0.305 e. The maximum Gasteiger partial charge on any atom is 0.0160 e. The zero-order valence-electron chi connectivity index (χ0n) is 26.1. The number of pyridine rings is 2. The first-order chi connectivity index (χ1) is 21.9. The van der Waals surface area contributed by atoms with Crippen LogP contribution in [0.1, 0.15) is 5.56 Å². The molecule has 0 aliphatic heterocycles. The summed E-state index contributed by atoms with van der Waals surface area (Å²) in [6, 6.07) is 43.3. The molecule has 5 nitrogen and oxygen atoms in total. The number of hydrogen-bond acceptors (Lipinski definition) is 4. The first-order valence-electron chi connectivity index (χ1n) is 15.0. The third-order valence-corrected chi connectivity index (χ3v) is 12.2. The molecule has 0 amide bonds. The predicted octanol–water partition coefficient (Wildman–Crippen LogP) is 9.19. The summed E-state index contributed by atoms with van der Waals surface area (Å²) in [4.78, 5) is 14.0. The van der Waals surface area contributed by atoms with E-state index in [2.05, 4.69) is 87.3 Å². The molecule has 4 aromatic heterocycles. The number of hydrogen-bond donors (Lipinski definition) is 0. The van der Waals surface area contributed by atoms with Gasteiger partial charge in [0.15, 0.2) is 0 Å². The third-order valence-electron chi connectivity index (χ3n) is 7.94. The van der Waals surface area contributed by atoms with E-state index >= 15 is 0 Å². The van der Waals surface area contributed by atoms with E-state index in [9.17, 15) is 0 Å². The Labute approximate surface area is 285 Å². The number of aromatic nitrogens is 4. The number of nitrogens with zero attached hydrogens (tertiary/aromatic N) is 4. The SMILES string of the molecule is Cc1ccnc2c1nc(-c1[c-]ccc3c1oc1c[c]([Ge]([CH3])([CH3])[CH3])ccc13)n2-c1ccccc1.[Ir].[c-]1ccccc1-c1ccccn1. The molecule has 0 aliphatic rings. The Morgan fingerprint density at radius 3 is 2.28 bits per heavy atom. The number of rotatable bonds is 4. The summed E-state index contributed by atoms with van der Waals surface area (Å²) in [6.45, 7) is 2.07. The fourth-order valence-electron chi connectivity index (χ4n) is 5.53. The average molecular weight is 838 g/mol. The van der Waals surface area contributed by atoms with Crippen LogP contribution in [0, 0.1) is 19.1 Å². The van der Waals surface area contributed by atoms with Crippen LogP contribution < -0.4 is 4.40 Å². The van der Waals surface area contributed by atoms with E-state index in [1.54, 1.807) is 6.20 Å². The first kappa shape index (κ1) is 31.6. The molecule has 46 heavy (non-hydrogen) atoms. The van der Waals surface area contributed by atoms with Gasteiger partial charge in [-0.25, -0.2) is 0 Å². The summed E-state index contributed by atoms with van der Waals surface area (Å²) in [5.74, 6) is 8.00. The van der Waals surface area contributed by atoms with Gasteiger partial charge in [-0.1, -0.05) is 12.1 Å². The fraction of sp³-hybridized carbons (Fsp3) is 0.103. The van der Waals surface area contributed by atoms with Gasteiger partial charge >= 0.3 is 196 Å². The van der Waals surface area contributed by atoms with Crippen LogP contribution in [-0.4, -0.2) is 32.8 Å². The first-order valence-corrected chi connectivity index (χ1v) is 22.4. The second-order valence-corrected chi connectivity index (χ2v) is 22.7. The maximum absolute atomic E-state index is 6.52. The minimum atomic E-state index is -1.98. The second kappa shape index (κ2) is 13.2. The smallest absolute Gasteiger partial charge is 0.0160 e. The molecule has 8 aromatic rings. The molecule has 1 radical (unpaired) electrons. The quantitative estimate of drug-likeness (QED) is 0.131. The summed E-state index contributed by atoms with van der Waals surface area (Å²) in [7, 11) is 0. The molecular formula is C39H32GeIrN4O-2. The van der Waals surface area contributed by atoms with Gasteiger partial charge < -0.3 is 4.98 Å². The molecule has 0 unspecified atom stereocenters. The van der Waals surface area contributed by atoms with Crippen molar-refractivity contribution >= 4 is 50.8 Å². The van der Waals surface area contributed by atoms with E-state index < -0.39 is 13.3 Å².